The van der Waals surface area contributed by atoms with Gasteiger partial charge in [-0.2, -0.15) is 0 Å². The van der Waals surface area contributed by atoms with E-state index in [1.807, 2.05) is 4.90 Å². The van der Waals surface area contributed by atoms with Gasteiger partial charge in [0.05, 0.1) is 0 Å². The highest BCUT2D eigenvalue weighted by Crippen LogP contribution is 2.14. The Kier molecular flexibility index (Phi) is 2.91. The summed E-state index contributed by atoms with van der Waals surface area (Å²) in [6.07, 6.45) is 4.70. The molecule has 0 aliphatic carbocycles. The Balaban J connectivity index is 1.81. The lowest BCUT2D eigenvalue weighted by atomic mass is 10.3. The molecule has 0 spiro atoms. The van der Waals surface area contributed by atoms with Crippen molar-refractivity contribution in [3.8, 4) is 0 Å². The zero-order valence-electron chi connectivity index (χ0n) is 8.83. The summed E-state index contributed by atoms with van der Waals surface area (Å²) < 4.78 is 0. The minimum atomic E-state index is 0.0938. The molecule has 1 atom stereocenters. The third-order valence-electron chi connectivity index (χ3n) is 3.19. The highest BCUT2D eigenvalue weighted by atomic mass is 16.2. The number of carbonyl (C=O) groups is 1. The Morgan fingerprint density at radius 2 is 1.93 bits per heavy atom. The number of hydrazine groups is 1. The SMILES string of the molecule is CC1CCCN1NC(=O)N1CCCC1. The summed E-state index contributed by atoms with van der Waals surface area (Å²) in [6, 6.07) is 0.595. The van der Waals surface area contributed by atoms with Crippen LogP contribution in [0.15, 0.2) is 0 Å². The molecule has 0 saturated carbocycles. The van der Waals surface area contributed by atoms with Crippen molar-refractivity contribution in [3.63, 3.8) is 0 Å². The van der Waals surface area contributed by atoms with Crippen molar-refractivity contribution in [1.82, 2.24) is 15.3 Å². The van der Waals surface area contributed by atoms with Gasteiger partial charge < -0.3 is 4.90 Å². The van der Waals surface area contributed by atoms with E-state index in [1.165, 1.54) is 12.8 Å². The number of hydrogen-bond donors (Lipinski definition) is 1. The Morgan fingerprint density at radius 1 is 1.21 bits per heavy atom. The topological polar surface area (TPSA) is 35.6 Å². The van der Waals surface area contributed by atoms with E-state index in [0.717, 1.165) is 32.5 Å². The molecule has 80 valence electrons. The second-order valence-electron chi connectivity index (χ2n) is 4.30. The van der Waals surface area contributed by atoms with E-state index in [4.69, 9.17) is 0 Å². The lowest BCUT2D eigenvalue weighted by Crippen LogP contribution is -2.49. The van der Waals surface area contributed by atoms with Gasteiger partial charge in [-0.1, -0.05) is 0 Å². The molecule has 2 rings (SSSR count). The smallest absolute Gasteiger partial charge is 0.324 e. The van der Waals surface area contributed by atoms with Crippen LogP contribution in [0.3, 0.4) is 0 Å². The summed E-state index contributed by atoms with van der Waals surface area (Å²) in [7, 11) is 0. The van der Waals surface area contributed by atoms with Crippen molar-refractivity contribution in [2.75, 3.05) is 19.6 Å². The number of hydrogen-bond acceptors (Lipinski definition) is 2. The van der Waals surface area contributed by atoms with Gasteiger partial charge >= 0.3 is 6.03 Å². The average Bonchev–Trinajstić information content (AvgIpc) is 2.77. The van der Waals surface area contributed by atoms with Gasteiger partial charge in [0.15, 0.2) is 0 Å². The van der Waals surface area contributed by atoms with Crippen LogP contribution in [0.2, 0.25) is 0 Å². The molecule has 2 aliphatic rings. The molecule has 4 nitrogen and oxygen atoms in total. The second kappa shape index (κ2) is 4.17. The van der Waals surface area contributed by atoms with Gasteiger partial charge in [0.2, 0.25) is 0 Å². The maximum atomic E-state index is 11.7. The number of urea groups is 1. The molecule has 2 amide bonds. The summed E-state index contributed by atoms with van der Waals surface area (Å²) in [5.74, 6) is 0. The van der Waals surface area contributed by atoms with Gasteiger partial charge in [0.1, 0.15) is 0 Å². The van der Waals surface area contributed by atoms with Crippen LogP contribution in [0.5, 0.6) is 0 Å². The minimum Gasteiger partial charge on any atom is -0.324 e. The molecule has 0 radical (unpaired) electrons. The van der Waals surface area contributed by atoms with Crippen molar-refractivity contribution < 1.29 is 4.79 Å². The Bertz CT molecular complexity index is 213. The first-order chi connectivity index (χ1) is 6.77. The van der Waals surface area contributed by atoms with E-state index >= 15 is 0 Å². The molecule has 1 N–H and O–H groups in total. The zero-order valence-corrected chi connectivity index (χ0v) is 8.83. The summed E-state index contributed by atoms with van der Waals surface area (Å²) in [5, 5.41) is 2.07. The van der Waals surface area contributed by atoms with Gasteiger partial charge in [0.25, 0.3) is 0 Å². The van der Waals surface area contributed by atoms with Crippen LogP contribution in [-0.2, 0) is 0 Å². The Hall–Kier alpha value is -0.770. The normalized spacial score (nSPS) is 28.4. The number of nitrogens with zero attached hydrogens (tertiary/aromatic N) is 2. The van der Waals surface area contributed by atoms with Crippen LogP contribution in [0.1, 0.15) is 32.6 Å². The molecule has 0 bridgehead atoms. The van der Waals surface area contributed by atoms with Gasteiger partial charge in [0, 0.05) is 25.7 Å². The molecule has 0 aromatic rings. The summed E-state index contributed by atoms with van der Waals surface area (Å²) >= 11 is 0. The van der Waals surface area contributed by atoms with Crippen LogP contribution in [0, 0.1) is 0 Å². The van der Waals surface area contributed by atoms with Crippen LogP contribution < -0.4 is 5.43 Å². The van der Waals surface area contributed by atoms with Crippen LogP contribution in [0.25, 0.3) is 0 Å². The molecule has 14 heavy (non-hydrogen) atoms. The number of amides is 2. The van der Waals surface area contributed by atoms with Gasteiger partial charge in [-0.3, -0.25) is 5.43 Å². The van der Waals surface area contributed by atoms with E-state index < -0.39 is 0 Å². The first kappa shape index (κ1) is 9.77. The summed E-state index contributed by atoms with van der Waals surface area (Å²) in [4.78, 5) is 13.6. The van der Waals surface area contributed by atoms with E-state index in [9.17, 15) is 4.79 Å². The van der Waals surface area contributed by atoms with Crippen molar-refractivity contribution in [2.45, 2.75) is 38.6 Å². The van der Waals surface area contributed by atoms with E-state index in [-0.39, 0.29) is 6.03 Å². The van der Waals surface area contributed by atoms with Crippen molar-refractivity contribution in [1.29, 1.82) is 0 Å². The zero-order chi connectivity index (χ0) is 9.97. The lowest BCUT2D eigenvalue weighted by Gasteiger charge is -2.25. The number of likely N-dealkylation sites (tertiary alicyclic amines) is 1. The van der Waals surface area contributed by atoms with E-state index in [2.05, 4.69) is 17.4 Å². The summed E-state index contributed by atoms with van der Waals surface area (Å²) in [5.41, 5.74) is 2.99. The Morgan fingerprint density at radius 3 is 2.50 bits per heavy atom. The predicted octanol–water partition coefficient (Wildman–Crippen LogP) is 1.19. The quantitative estimate of drug-likeness (QED) is 0.685. The molecule has 1 unspecified atom stereocenters. The van der Waals surface area contributed by atoms with E-state index in [1.54, 1.807) is 0 Å². The third-order valence-corrected chi connectivity index (χ3v) is 3.19. The fourth-order valence-electron chi connectivity index (χ4n) is 2.21. The molecule has 2 heterocycles. The third kappa shape index (κ3) is 2.00. The second-order valence-corrected chi connectivity index (χ2v) is 4.30. The van der Waals surface area contributed by atoms with Crippen LogP contribution in [-0.4, -0.2) is 41.6 Å². The van der Waals surface area contributed by atoms with Gasteiger partial charge in [-0.25, -0.2) is 9.80 Å². The van der Waals surface area contributed by atoms with E-state index in [0.29, 0.717) is 6.04 Å². The summed E-state index contributed by atoms with van der Waals surface area (Å²) in [6.45, 7) is 5.01. The first-order valence-electron chi connectivity index (χ1n) is 5.59. The van der Waals surface area contributed by atoms with Gasteiger partial charge in [-0.15, -0.1) is 0 Å². The molecule has 2 fully saturated rings. The largest absolute Gasteiger partial charge is 0.331 e. The minimum absolute atomic E-state index is 0.0938. The standard InChI is InChI=1S/C10H19N3O/c1-9-5-4-8-13(9)11-10(14)12-6-2-3-7-12/h9H,2-8H2,1H3,(H,11,14). The number of carbonyl (C=O) groups excluding carboxylic acids is 1. The average molecular weight is 197 g/mol. The molecular weight excluding hydrogens is 178 g/mol. The fraction of sp³-hybridized carbons (Fsp3) is 0.900. The highest BCUT2D eigenvalue weighted by Gasteiger charge is 2.25. The van der Waals surface area contributed by atoms with Crippen molar-refractivity contribution in [3.05, 3.63) is 0 Å². The maximum Gasteiger partial charge on any atom is 0.331 e. The fourth-order valence-corrected chi connectivity index (χ4v) is 2.21. The van der Waals surface area contributed by atoms with Crippen molar-refractivity contribution in [2.24, 2.45) is 0 Å². The lowest BCUT2D eigenvalue weighted by molar-refractivity contribution is 0.148. The maximum absolute atomic E-state index is 11.7. The molecule has 4 heteroatoms. The van der Waals surface area contributed by atoms with Crippen LogP contribution in [0.4, 0.5) is 4.79 Å². The first-order valence-corrected chi connectivity index (χ1v) is 5.59. The number of rotatable bonds is 1. The molecule has 2 aliphatic heterocycles. The highest BCUT2D eigenvalue weighted by molar-refractivity contribution is 5.73. The molecular formula is C10H19N3O. The Labute approximate surface area is 85.2 Å². The predicted molar refractivity (Wildman–Crippen MR) is 54.7 cm³/mol. The van der Waals surface area contributed by atoms with Crippen LogP contribution >= 0.6 is 0 Å². The molecule has 0 aromatic heterocycles. The monoisotopic (exact) mass is 197 g/mol. The van der Waals surface area contributed by atoms with Gasteiger partial charge in [-0.05, 0) is 32.6 Å². The number of nitrogens with one attached hydrogen (secondary N) is 1. The molecule has 2 saturated heterocycles. The molecule has 0 aromatic carbocycles. The van der Waals surface area contributed by atoms with Crippen molar-refractivity contribution >= 4 is 6.03 Å².